The van der Waals surface area contributed by atoms with E-state index in [0.717, 1.165) is 4.57 Å². The summed E-state index contributed by atoms with van der Waals surface area (Å²) in [6, 6.07) is 6.35. The molecule has 0 bridgehead atoms. The predicted octanol–water partition coefficient (Wildman–Crippen LogP) is 2.52. The molecule has 2 heterocycles. The molecule has 0 saturated heterocycles. The van der Waals surface area contributed by atoms with Crippen molar-refractivity contribution < 1.29 is 14.3 Å². The van der Waals surface area contributed by atoms with Gasteiger partial charge in [0.25, 0.3) is 5.56 Å². The van der Waals surface area contributed by atoms with E-state index in [1.54, 1.807) is 18.2 Å². The molecule has 1 amide bonds. The minimum absolute atomic E-state index is 0.0385. The summed E-state index contributed by atoms with van der Waals surface area (Å²) in [5.74, 6) is 0.788. The molecule has 0 spiro atoms. The van der Waals surface area contributed by atoms with Gasteiger partial charge in [0.2, 0.25) is 12.7 Å². The molecule has 1 aliphatic heterocycles. The van der Waals surface area contributed by atoms with Crippen LogP contribution >= 0.6 is 23.2 Å². The van der Waals surface area contributed by atoms with Gasteiger partial charge < -0.3 is 19.4 Å². The average Bonchev–Trinajstić information content (AvgIpc) is 2.91. The van der Waals surface area contributed by atoms with Crippen LogP contribution in [0, 0.1) is 0 Å². The second kappa shape index (κ2) is 5.90. The number of carbonyl (C=O) groups is 1. The standard InChI is InChI=1S/C14H10Cl2N2O4/c15-8-3-10(16)14(20)18(5-8)6-13(19)17-9-1-2-11-12(4-9)22-7-21-11/h1-5H,6-7H2,(H,17,19). The maximum Gasteiger partial charge on any atom is 0.269 e. The van der Waals surface area contributed by atoms with Crippen LogP contribution in [-0.4, -0.2) is 17.3 Å². The van der Waals surface area contributed by atoms with Crippen LogP contribution in [0.3, 0.4) is 0 Å². The topological polar surface area (TPSA) is 69.6 Å². The van der Waals surface area contributed by atoms with Crippen LogP contribution in [0.15, 0.2) is 35.3 Å². The summed E-state index contributed by atoms with van der Waals surface area (Å²) in [5.41, 5.74) is 0.0577. The highest BCUT2D eigenvalue weighted by Crippen LogP contribution is 2.34. The number of hydrogen-bond donors (Lipinski definition) is 1. The van der Waals surface area contributed by atoms with Crippen LogP contribution in [-0.2, 0) is 11.3 Å². The zero-order valence-corrected chi connectivity index (χ0v) is 12.6. The van der Waals surface area contributed by atoms with Crippen LogP contribution in [0.2, 0.25) is 10.0 Å². The number of nitrogens with zero attached hydrogens (tertiary/aromatic N) is 1. The van der Waals surface area contributed by atoms with Crippen LogP contribution in [0.5, 0.6) is 11.5 Å². The number of amides is 1. The molecule has 1 aliphatic rings. The SMILES string of the molecule is O=C(Cn1cc(Cl)cc(Cl)c1=O)Nc1ccc2c(c1)OCO2. The van der Waals surface area contributed by atoms with Crippen LogP contribution < -0.4 is 20.3 Å². The molecule has 6 nitrogen and oxygen atoms in total. The lowest BCUT2D eigenvalue weighted by Gasteiger charge is -2.09. The molecular formula is C14H10Cl2N2O4. The second-order valence-electron chi connectivity index (χ2n) is 4.56. The quantitative estimate of drug-likeness (QED) is 0.931. The fourth-order valence-electron chi connectivity index (χ4n) is 2.01. The van der Waals surface area contributed by atoms with E-state index in [9.17, 15) is 9.59 Å². The molecule has 22 heavy (non-hydrogen) atoms. The number of rotatable bonds is 3. The Balaban J connectivity index is 1.74. The fraction of sp³-hybridized carbons (Fsp3) is 0.143. The normalized spacial score (nSPS) is 12.3. The Hall–Kier alpha value is -2.18. The molecule has 1 aromatic carbocycles. The zero-order valence-electron chi connectivity index (χ0n) is 11.1. The lowest BCUT2D eigenvalue weighted by Crippen LogP contribution is -2.27. The van der Waals surface area contributed by atoms with E-state index in [-0.39, 0.29) is 29.3 Å². The number of fused-ring (bicyclic) bond motifs is 1. The van der Waals surface area contributed by atoms with Gasteiger partial charge in [0.05, 0.1) is 5.02 Å². The van der Waals surface area contributed by atoms with Gasteiger partial charge in [0.1, 0.15) is 11.6 Å². The molecule has 114 valence electrons. The first-order valence-corrected chi connectivity index (χ1v) is 7.03. The van der Waals surface area contributed by atoms with E-state index in [1.807, 2.05) is 0 Å². The summed E-state index contributed by atoms with van der Waals surface area (Å²) in [4.78, 5) is 23.8. The number of benzene rings is 1. The predicted molar refractivity (Wildman–Crippen MR) is 81.9 cm³/mol. The molecule has 1 N–H and O–H groups in total. The molecule has 0 saturated carbocycles. The highest BCUT2D eigenvalue weighted by molar-refractivity contribution is 6.34. The highest BCUT2D eigenvalue weighted by atomic mass is 35.5. The van der Waals surface area contributed by atoms with Crippen LogP contribution in [0.1, 0.15) is 0 Å². The number of hydrogen-bond acceptors (Lipinski definition) is 4. The first kappa shape index (κ1) is 14.7. The summed E-state index contributed by atoms with van der Waals surface area (Å²) in [6.45, 7) is -0.0449. The number of carbonyl (C=O) groups excluding carboxylic acids is 1. The second-order valence-corrected chi connectivity index (χ2v) is 5.40. The van der Waals surface area contributed by atoms with Crippen molar-refractivity contribution in [2.75, 3.05) is 12.1 Å². The first-order chi connectivity index (χ1) is 10.5. The Labute approximate surface area is 135 Å². The van der Waals surface area contributed by atoms with E-state index in [4.69, 9.17) is 32.7 Å². The highest BCUT2D eigenvalue weighted by Gasteiger charge is 2.14. The number of ether oxygens (including phenoxy) is 2. The van der Waals surface area contributed by atoms with Gasteiger partial charge in [0.15, 0.2) is 11.5 Å². The van der Waals surface area contributed by atoms with Crippen molar-refractivity contribution in [3.8, 4) is 11.5 Å². The van der Waals surface area contributed by atoms with Crippen molar-refractivity contribution in [3.05, 3.63) is 50.9 Å². The molecule has 0 atom stereocenters. The smallest absolute Gasteiger partial charge is 0.269 e. The summed E-state index contributed by atoms with van der Waals surface area (Å²) < 4.78 is 11.6. The monoisotopic (exact) mass is 340 g/mol. The molecule has 0 fully saturated rings. The minimum atomic E-state index is -0.480. The van der Waals surface area contributed by atoms with E-state index in [0.29, 0.717) is 17.2 Å². The molecular weight excluding hydrogens is 331 g/mol. The van der Waals surface area contributed by atoms with E-state index >= 15 is 0 Å². The van der Waals surface area contributed by atoms with Crippen LogP contribution in [0.25, 0.3) is 0 Å². The summed E-state index contributed by atoms with van der Waals surface area (Å²) in [5, 5.41) is 2.91. The summed E-state index contributed by atoms with van der Waals surface area (Å²) in [7, 11) is 0. The Kier molecular flexibility index (Phi) is 3.96. The number of halogens is 2. The Morgan fingerprint density at radius 3 is 2.82 bits per heavy atom. The molecule has 1 aromatic heterocycles. The Morgan fingerprint density at radius 2 is 2.00 bits per heavy atom. The molecule has 8 heteroatoms. The maximum absolute atomic E-state index is 12.0. The van der Waals surface area contributed by atoms with Gasteiger partial charge in [-0.3, -0.25) is 9.59 Å². The van der Waals surface area contributed by atoms with Crippen molar-refractivity contribution in [1.82, 2.24) is 4.57 Å². The van der Waals surface area contributed by atoms with Crippen molar-refractivity contribution in [2.24, 2.45) is 0 Å². The maximum atomic E-state index is 12.0. The van der Waals surface area contributed by atoms with E-state index in [1.165, 1.54) is 12.3 Å². The van der Waals surface area contributed by atoms with Gasteiger partial charge in [-0.1, -0.05) is 23.2 Å². The van der Waals surface area contributed by atoms with Crippen molar-refractivity contribution in [2.45, 2.75) is 6.54 Å². The molecule has 0 unspecified atom stereocenters. The minimum Gasteiger partial charge on any atom is -0.454 e. The third kappa shape index (κ3) is 3.03. The van der Waals surface area contributed by atoms with Gasteiger partial charge in [-0.2, -0.15) is 0 Å². The van der Waals surface area contributed by atoms with Crippen molar-refractivity contribution in [1.29, 1.82) is 0 Å². The van der Waals surface area contributed by atoms with Gasteiger partial charge in [-0.25, -0.2) is 0 Å². The number of aromatic nitrogens is 1. The molecule has 0 aliphatic carbocycles. The average molecular weight is 341 g/mol. The van der Waals surface area contributed by atoms with Crippen molar-refractivity contribution in [3.63, 3.8) is 0 Å². The first-order valence-electron chi connectivity index (χ1n) is 6.28. The number of pyridine rings is 1. The van der Waals surface area contributed by atoms with Gasteiger partial charge in [0, 0.05) is 18.0 Å². The van der Waals surface area contributed by atoms with Gasteiger partial charge in [-0.05, 0) is 18.2 Å². The summed E-state index contributed by atoms with van der Waals surface area (Å²) >= 11 is 11.6. The van der Waals surface area contributed by atoms with E-state index in [2.05, 4.69) is 5.32 Å². The van der Waals surface area contributed by atoms with Crippen LogP contribution in [0.4, 0.5) is 5.69 Å². The third-order valence-electron chi connectivity index (χ3n) is 2.98. The molecule has 0 radical (unpaired) electrons. The molecule has 2 aromatic rings. The fourth-order valence-corrected chi connectivity index (χ4v) is 2.52. The Bertz CT molecular complexity index is 804. The zero-order chi connectivity index (χ0) is 15.7. The Morgan fingerprint density at radius 1 is 1.23 bits per heavy atom. The lowest BCUT2D eigenvalue weighted by atomic mass is 10.3. The van der Waals surface area contributed by atoms with Crippen molar-refractivity contribution >= 4 is 34.8 Å². The lowest BCUT2D eigenvalue weighted by molar-refractivity contribution is -0.116. The summed E-state index contributed by atoms with van der Waals surface area (Å²) in [6.07, 6.45) is 1.36. The van der Waals surface area contributed by atoms with Gasteiger partial charge >= 0.3 is 0 Å². The van der Waals surface area contributed by atoms with Gasteiger partial charge in [-0.15, -0.1) is 0 Å². The number of anilines is 1. The number of nitrogens with one attached hydrogen (secondary N) is 1. The third-order valence-corrected chi connectivity index (χ3v) is 3.46. The molecule has 3 rings (SSSR count). The van der Waals surface area contributed by atoms with E-state index < -0.39 is 5.56 Å². The largest absolute Gasteiger partial charge is 0.454 e.